The van der Waals surface area contributed by atoms with E-state index in [0.29, 0.717) is 5.02 Å². The van der Waals surface area contributed by atoms with Gasteiger partial charge in [0.1, 0.15) is 0 Å². The van der Waals surface area contributed by atoms with E-state index in [2.05, 4.69) is 9.88 Å². The maximum atomic E-state index is 11.5. The number of carbonyl (C=O) groups excluding carboxylic acids is 1. The summed E-state index contributed by atoms with van der Waals surface area (Å²) < 4.78 is 4.73. The van der Waals surface area contributed by atoms with Crippen LogP contribution in [0.25, 0.3) is 10.9 Å². The number of carbonyl (C=O) groups is 1. The Morgan fingerprint density at radius 1 is 1.40 bits per heavy atom. The lowest BCUT2D eigenvalue weighted by Gasteiger charge is -2.12. The molecule has 0 saturated heterocycles. The van der Waals surface area contributed by atoms with Gasteiger partial charge in [0.15, 0.2) is 0 Å². The number of ether oxygens (including phenoxy) is 1. The second-order valence-corrected chi connectivity index (χ2v) is 5.33. The average Bonchev–Trinajstić information content (AvgIpc) is 2.41. The molecular formula is C15H17ClN2O2. The number of hydrogen-bond donors (Lipinski definition) is 0. The predicted octanol–water partition coefficient (Wildman–Crippen LogP) is 2.67. The van der Waals surface area contributed by atoms with E-state index in [1.807, 2.05) is 32.4 Å². The van der Waals surface area contributed by atoms with E-state index in [1.54, 1.807) is 6.07 Å². The zero-order valence-electron chi connectivity index (χ0n) is 11.8. The molecule has 0 amide bonds. The molecule has 0 unspecified atom stereocenters. The van der Waals surface area contributed by atoms with Crippen molar-refractivity contribution in [3.05, 3.63) is 40.5 Å². The summed E-state index contributed by atoms with van der Waals surface area (Å²) in [6.07, 6.45) is 2.00. The topological polar surface area (TPSA) is 42.4 Å². The first-order valence-corrected chi connectivity index (χ1v) is 6.66. The molecule has 1 aromatic heterocycles. The van der Waals surface area contributed by atoms with Crippen molar-refractivity contribution in [3.63, 3.8) is 0 Å². The SMILES string of the molecule is COC(=O)Cc1c(Cl)ccc2ncc(CN(C)C)cc12. The van der Waals surface area contributed by atoms with Gasteiger partial charge in [-0.05, 0) is 43.4 Å². The number of benzene rings is 1. The summed E-state index contributed by atoms with van der Waals surface area (Å²) in [6.45, 7) is 0.785. The lowest BCUT2D eigenvalue weighted by molar-refractivity contribution is -0.139. The molecule has 0 N–H and O–H groups in total. The van der Waals surface area contributed by atoms with Gasteiger partial charge in [-0.3, -0.25) is 9.78 Å². The summed E-state index contributed by atoms with van der Waals surface area (Å²) in [6, 6.07) is 5.66. The fourth-order valence-corrected chi connectivity index (χ4v) is 2.35. The van der Waals surface area contributed by atoms with Gasteiger partial charge in [0.25, 0.3) is 0 Å². The minimum absolute atomic E-state index is 0.153. The lowest BCUT2D eigenvalue weighted by atomic mass is 10.0. The summed E-state index contributed by atoms with van der Waals surface area (Å²) in [4.78, 5) is 18.0. The zero-order chi connectivity index (χ0) is 14.7. The summed E-state index contributed by atoms with van der Waals surface area (Å²) in [5, 5.41) is 1.47. The molecule has 2 aromatic rings. The van der Waals surface area contributed by atoms with E-state index in [4.69, 9.17) is 16.3 Å². The monoisotopic (exact) mass is 292 g/mol. The minimum atomic E-state index is -0.308. The summed E-state index contributed by atoms with van der Waals surface area (Å²) >= 11 is 6.22. The molecule has 0 fully saturated rings. The Morgan fingerprint density at radius 2 is 2.15 bits per heavy atom. The highest BCUT2D eigenvalue weighted by atomic mass is 35.5. The second-order valence-electron chi connectivity index (χ2n) is 4.93. The molecular weight excluding hydrogens is 276 g/mol. The number of pyridine rings is 1. The summed E-state index contributed by atoms with van der Waals surface area (Å²) in [5.41, 5.74) is 2.68. The Kier molecular flexibility index (Phi) is 4.57. The maximum absolute atomic E-state index is 11.5. The number of methoxy groups -OCH3 is 1. The Balaban J connectivity index is 2.52. The number of hydrogen-bond acceptors (Lipinski definition) is 4. The highest BCUT2D eigenvalue weighted by molar-refractivity contribution is 6.32. The molecule has 0 aliphatic heterocycles. The molecule has 2 rings (SSSR count). The summed E-state index contributed by atoms with van der Waals surface area (Å²) in [7, 11) is 5.37. The van der Waals surface area contributed by atoms with E-state index in [1.165, 1.54) is 7.11 Å². The van der Waals surface area contributed by atoms with Crippen molar-refractivity contribution >= 4 is 28.5 Å². The standard InChI is InChI=1S/C15H17ClN2O2/c1-18(2)9-10-6-12-11(7-15(19)20-3)13(16)4-5-14(12)17-8-10/h4-6,8H,7,9H2,1-3H3. The van der Waals surface area contributed by atoms with Crippen LogP contribution in [0.2, 0.25) is 5.02 Å². The van der Waals surface area contributed by atoms with Crippen LogP contribution in [-0.2, 0) is 22.5 Å². The van der Waals surface area contributed by atoms with E-state index in [0.717, 1.165) is 28.6 Å². The smallest absolute Gasteiger partial charge is 0.310 e. The Labute approximate surface area is 123 Å². The third-order valence-electron chi connectivity index (χ3n) is 3.02. The molecule has 0 spiro atoms. The molecule has 0 saturated carbocycles. The van der Waals surface area contributed by atoms with Gasteiger partial charge in [-0.2, -0.15) is 0 Å². The number of halogens is 1. The largest absolute Gasteiger partial charge is 0.469 e. The Bertz CT molecular complexity index is 641. The van der Waals surface area contributed by atoms with Crippen LogP contribution in [0.3, 0.4) is 0 Å². The van der Waals surface area contributed by atoms with Crippen LogP contribution in [0, 0.1) is 0 Å². The van der Waals surface area contributed by atoms with Crippen LogP contribution >= 0.6 is 11.6 Å². The molecule has 1 aromatic carbocycles. The van der Waals surface area contributed by atoms with E-state index >= 15 is 0 Å². The van der Waals surface area contributed by atoms with Crippen molar-refractivity contribution < 1.29 is 9.53 Å². The first kappa shape index (κ1) is 14.8. The lowest BCUT2D eigenvalue weighted by Crippen LogP contribution is -2.11. The van der Waals surface area contributed by atoms with Gasteiger partial charge in [0.2, 0.25) is 0 Å². The van der Waals surface area contributed by atoms with Crippen molar-refractivity contribution in [1.29, 1.82) is 0 Å². The quantitative estimate of drug-likeness (QED) is 0.813. The van der Waals surface area contributed by atoms with Crippen molar-refractivity contribution in [3.8, 4) is 0 Å². The number of nitrogens with zero attached hydrogens (tertiary/aromatic N) is 2. The van der Waals surface area contributed by atoms with E-state index < -0.39 is 0 Å². The fourth-order valence-electron chi connectivity index (χ4n) is 2.12. The van der Waals surface area contributed by atoms with Crippen LogP contribution in [-0.4, -0.2) is 37.1 Å². The predicted molar refractivity (Wildman–Crippen MR) is 79.9 cm³/mol. The van der Waals surface area contributed by atoms with E-state index in [9.17, 15) is 4.79 Å². The van der Waals surface area contributed by atoms with Crippen LogP contribution in [0.1, 0.15) is 11.1 Å². The first-order chi connectivity index (χ1) is 9.51. The van der Waals surface area contributed by atoms with Gasteiger partial charge in [-0.1, -0.05) is 11.6 Å². The molecule has 5 heteroatoms. The average molecular weight is 293 g/mol. The van der Waals surface area contributed by atoms with Crippen molar-refractivity contribution in [2.24, 2.45) is 0 Å². The number of esters is 1. The number of aromatic nitrogens is 1. The van der Waals surface area contributed by atoms with Gasteiger partial charge in [0, 0.05) is 23.2 Å². The third kappa shape index (κ3) is 3.26. The Hall–Kier alpha value is -1.65. The van der Waals surface area contributed by atoms with Crippen molar-refractivity contribution in [2.75, 3.05) is 21.2 Å². The van der Waals surface area contributed by atoms with Crippen molar-refractivity contribution in [1.82, 2.24) is 9.88 Å². The van der Waals surface area contributed by atoms with Gasteiger partial charge < -0.3 is 9.64 Å². The third-order valence-corrected chi connectivity index (χ3v) is 3.38. The number of fused-ring (bicyclic) bond motifs is 1. The molecule has 4 nitrogen and oxygen atoms in total. The van der Waals surface area contributed by atoms with E-state index in [-0.39, 0.29) is 12.4 Å². The molecule has 0 aliphatic rings. The van der Waals surface area contributed by atoms with Crippen LogP contribution in [0.4, 0.5) is 0 Å². The Morgan fingerprint density at radius 3 is 2.80 bits per heavy atom. The first-order valence-electron chi connectivity index (χ1n) is 6.29. The normalized spacial score (nSPS) is 11.1. The summed E-state index contributed by atoms with van der Waals surface area (Å²) in [5.74, 6) is -0.308. The van der Waals surface area contributed by atoms with Crippen molar-refractivity contribution in [2.45, 2.75) is 13.0 Å². The number of rotatable bonds is 4. The van der Waals surface area contributed by atoms with Gasteiger partial charge in [0.05, 0.1) is 19.0 Å². The van der Waals surface area contributed by atoms with Gasteiger partial charge in [-0.25, -0.2) is 0 Å². The second kappa shape index (κ2) is 6.20. The van der Waals surface area contributed by atoms with Crippen LogP contribution in [0.15, 0.2) is 24.4 Å². The molecule has 0 aliphatic carbocycles. The molecule has 0 atom stereocenters. The fraction of sp³-hybridized carbons (Fsp3) is 0.333. The molecule has 0 radical (unpaired) electrons. The zero-order valence-corrected chi connectivity index (χ0v) is 12.6. The highest BCUT2D eigenvalue weighted by Crippen LogP contribution is 2.26. The van der Waals surface area contributed by atoms with Crippen LogP contribution < -0.4 is 0 Å². The van der Waals surface area contributed by atoms with Gasteiger partial charge in [-0.15, -0.1) is 0 Å². The van der Waals surface area contributed by atoms with Gasteiger partial charge >= 0.3 is 5.97 Å². The molecule has 0 bridgehead atoms. The van der Waals surface area contributed by atoms with Crippen LogP contribution in [0.5, 0.6) is 0 Å². The molecule has 1 heterocycles. The minimum Gasteiger partial charge on any atom is -0.469 e. The maximum Gasteiger partial charge on any atom is 0.310 e. The highest BCUT2D eigenvalue weighted by Gasteiger charge is 2.12. The molecule has 106 valence electrons. The molecule has 20 heavy (non-hydrogen) atoms.